The number of pyridine rings is 1. The molecule has 0 saturated carbocycles. The third-order valence-electron chi connectivity index (χ3n) is 2.41. The van der Waals surface area contributed by atoms with Crippen LogP contribution in [-0.2, 0) is 16.0 Å². The van der Waals surface area contributed by atoms with Crippen LogP contribution in [0.4, 0.5) is 4.39 Å². The Morgan fingerprint density at radius 3 is 2.89 bits per heavy atom. The molecule has 0 radical (unpaired) electrons. The maximum Gasteiger partial charge on any atom is 0.312 e. The van der Waals surface area contributed by atoms with Crippen LogP contribution in [0, 0.1) is 12.7 Å². The van der Waals surface area contributed by atoms with Gasteiger partial charge in [-0.25, -0.2) is 9.37 Å². The van der Waals surface area contributed by atoms with Gasteiger partial charge in [0.1, 0.15) is 16.5 Å². The highest BCUT2D eigenvalue weighted by molar-refractivity contribution is 7.12. The molecule has 0 bridgehead atoms. The molecule has 2 aromatic heterocycles. The van der Waals surface area contributed by atoms with Crippen molar-refractivity contribution in [3.05, 3.63) is 34.0 Å². The lowest BCUT2D eigenvalue weighted by molar-refractivity contribution is -0.142. The van der Waals surface area contributed by atoms with Crippen molar-refractivity contribution in [3.8, 4) is 11.4 Å². The van der Waals surface area contributed by atoms with Crippen molar-refractivity contribution in [3.63, 3.8) is 0 Å². The van der Waals surface area contributed by atoms with Gasteiger partial charge in [-0.05, 0) is 26.0 Å². The topological polar surface area (TPSA) is 52.1 Å². The summed E-state index contributed by atoms with van der Waals surface area (Å²) in [5, 5.41) is 0.678. The monoisotopic (exact) mass is 280 g/mol. The predicted octanol–water partition coefficient (Wildman–Crippen LogP) is 2.76. The smallest absolute Gasteiger partial charge is 0.312 e. The first-order chi connectivity index (χ1) is 9.10. The Morgan fingerprint density at radius 2 is 2.26 bits per heavy atom. The molecule has 100 valence electrons. The highest BCUT2D eigenvalue weighted by Gasteiger charge is 2.14. The largest absolute Gasteiger partial charge is 0.466 e. The molecule has 6 heteroatoms. The van der Waals surface area contributed by atoms with E-state index in [0.717, 1.165) is 11.1 Å². The maximum absolute atomic E-state index is 12.8. The van der Waals surface area contributed by atoms with Crippen LogP contribution in [0.2, 0.25) is 0 Å². The van der Waals surface area contributed by atoms with Crippen LogP contribution in [0.5, 0.6) is 0 Å². The molecule has 0 saturated heterocycles. The first kappa shape index (κ1) is 13.6. The van der Waals surface area contributed by atoms with Crippen molar-refractivity contribution in [1.82, 2.24) is 9.97 Å². The second-order valence-electron chi connectivity index (χ2n) is 3.86. The summed E-state index contributed by atoms with van der Waals surface area (Å²) >= 11 is 1.42. The summed E-state index contributed by atoms with van der Waals surface area (Å²) in [6.07, 6.45) is 1.31. The second-order valence-corrected chi connectivity index (χ2v) is 5.14. The number of thiazole rings is 1. The fourth-order valence-electron chi connectivity index (χ4n) is 1.62. The number of aryl methyl sites for hydroxylation is 1. The molecule has 2 aromatic rings. The maximum atomic E-state index is 12.8. The molecule has 0 unspecified atom stereocenters. The molecule has 4 nitrogen and oxygen atoms in total. The van der Waals surface area contributed by atoms with E-state index in [9.17, 15) is 9.18 Å². The van der Waals surface area contributed by atoms with E-state index in [4.69, 9.17) is 4.74 Å². The summed E-state index contributed by atoms with van der Waals surface area (Å²) in [6, 6.07) is 2.91. The first-order valence-electron chi connectivity index (χ1n) is 5.84. The van der Waals surface area contributed by atoms with Gasteiger partial charge in [0, 0.05) is 4.88 Å². The Bertz CT molecular complexity index is 581. The summed E-state index contributed by atoms with van der Waals surface area (Å²) in [6.45, 7) is 4.02. The Hall–Kier alpha value is -1.82. The van der Waals surface area contributed by atoms with Gasteiger partial charge in [-0.15, -0.1) is 11.3 Å². The number of hydrogen-bond acceptors (Lipinski definition) is 5. The molecule has 0 aliphatic heterocycles. The molecule has 0 aromatic carbocycles. The van der Waals surface area contributed by atoms with Crippen molar-refractivity contribution in [2.24, 2.45) is 0 Å². The number of nitrogens with zero attached hydrogens (tertiary/aromatic N) is 2. The number of carbonyl (C=O) groups excluding carboxylic acids is 1. The summed E-state index contributed by atoms with van der Waals surface area (Å²) in [7, 11) is 0. The second kappa shape index (κ2) is 5.88. The van der Waals surface area contributed by atoms with E-state index in [1.807, 2.05) is 6.92 Å². The lowest BCUT2D eigenvalue weighted by Crippen LogP contribution is -2.07. The summed E-state index contributed by atoms with van der Waals surface area (Å²) in [4.78, 5) is 20.7. The molecule has 0 aliphatic carbocycles. The van der Waals surface area contributed by atoms with Crippen LogP contribution in [0.1, 0.15) is 16.8 Å². The number of ether oxygens (including phenoxy) is 1. The third-order valence-corrected chi connectivity index (χ3v) is 3.38. The number of esters is 1. The average Bonchev–Trinajstić information content (AvgIpc) is 2.71. The Kier molecular flexibility index (Phi) is 4.21. The number of aromatic nitrogens is 2. The Labute approximate surface area is 114 Å². The van der Waals surface area contributed by atoms with Gasteiger partial charge in [0.15, 0.2) is 0 Å². The highest BCUT2D eigenvalue weighted by atomic mass is 32.1. The molecule has 0 atom stereocenters. The lowest BCUT2D eigenvalue weighted by Gasteiger charge is -1.98. The number of rotatable bonds is 4. The third kappa shape index (κ3) is 3.35. The molecular weight excluding hydrogens is 267 g/mol. The van der Waals surface area contributed by atoms with Crippen molar-refractivity contribution in [1.29, 1.82) is 0 Å². The summed E-state index contributed by atoms with van der Waals surface area (Å²) < 4.78 is 17.7. The van der Waals surface area contributed by atoms with Gasteiger partial charge in [-0.3, -0.25) is 9.78 Å². The van der Waals surface area contributed by atoms with Crippen LogP contribution in [0.15, 0.2) is 18.3 Å². The van der Waals surface area contributed by atoms with Gasteiger partial charge in [-0.2, -0.15) is 0 Å². The van der Waals surface area contributed by atoms with E-state index < -0.39 is 0 Å². The van der Waals surface area contributed by atoms with E-state index in [1.54, 1.807) is 13.0 Å². The SMILES string of the molecule is CCOC(=O)Cc1nc(-c2ccc(F)cn2)c(C)s1. The van der Waals surface area contributed by atoms with Crippen molar-refractivity contribution in [2.45, 2.75) is 20.3 Å². The van der Waals surface area contributed by atoms with Crippen molar-refractivity contribution in [2.75, 3.05) is 6.61 Å². The highest BCUT2D eigenvalue weighted by Crippen LogP contribution is 2.26. The van der Waals surface area contributed by atoms with E-state index in [-0.39, 0.29) is 18.2 Å². The van der Waals surface area contributed by atoms with Gasteiger partial charge in [-0.1, -0.05) is 0 Å². The summed E-state index contributed by atoms with van der Waals surface area (Å²) in [5.74, 6) is -0.682. The van der Waals surface area contributed by atoms with Crippen LogP contribution in [0.3, 0.4) is 0 Å². The molecule has 0 aliphatic rings. The van der Waals surface area contributed by atoms with E-state index >= 15 is 0 Å². The normalized spacial score (nSPS) is 10.5. The fraction of sp³-hybridized carbons (Fsp3) is 0.308. The quantitative estimate of drug-likeness (QED) is 0.808. The summed E-state index contributed by atoms with van der Waals surface area (Å²) in [5.41, 5.74) is 1.29. The zero-order valence-electron chi connectivity index (χ0n) is 10.6. The molecule has 19 heavy (non-hydrogen) atoms. The molecule has 0 N–H and O–H groups in total. The number of carbonyl (C=O) groups is 1. The predicted molar refractivity (Wildman–Crippen MR) is 70.4 cm³/mol. The van der Waals surface area contributed by atoms with Gasteiger partial charge in [0.2, 0.25) is 0 Å². The Morgan fingerprint density at radius 1 is 1.47 bits per heavy atom. The van der Waals surface area contributed by atoms with Gasteiger partial charge >= 0.3 is 5.97 Å². The molecule has 0 fully saturated rings. The first-order valence-corrected chi connectivity index (χ1v) is 6.65. The lowest BCUT2D eigenvalue weighted by atomic mass is 10.2. The molecule has 0 amide bonds. The minimum Gasteiger partial charge on any atom is -0.466 e. The van der Waals surface area contributed by atoms with Crippen LogP contribution in [0.25, 0.3) is 11.4 Å². The number of halogens is 1. The molecule has 2 heterocycles. The van der Waals surface area contributed by atoms with E-state index in [0.29, 0.717) is 23.0 Å². The molecule has 0 spiro atoms. The van der Waals surface area contributed by atoms with Gasteiger partial charge in [0.25, 0.3) is 0 Å². The standard InChI is InChI=1S/C13H13FN2O2S/c1-3-18-12(17)6-11-16-13(8(2)19-11)10-5-4-9(14)7-15-10/h4-5,7H,3,6H2,1-2H3. The van der Waals surface area contributed by atoms with Crippen molar-refractivity contribution >= 4 is 17.3 Å². The average molecular weight is 280 g/mol. The van der Waals surface area contributed by atoms with Gasteiger partial charge in [0.05, 0.1) is 24.9 Å². The number of hydrogen-bond donors (Lipinski definition) is 0. The Balaban J connectivity index is 2.21. The van der Waals surface area contributed by atoms with Crippen LogP contribution in [-0.4, -0.2) is 22.5 Å². The van der Waals surface area contributed by atoms with Crippen LogP contribution >= 0.6 is 11.3 Å². The van der Waals surface area contributed by atoms with E-state index in [2.05, 4.69) is 9.97 Å². The molecular formula is C13H13FN2O2S. The van der Waals surface area contributed by atoms with Crippen molar-refractivity contribution < 1.29 is 13.9 Å². The minimum atomic E-state index is -0.386. The van der Waals surface area contributed by atoms with Gasteiger partial charge < -0.3 is 4.74 Å². The molecule has 2 rings (SSSR count). The minimum absolute atomic E-state index is 0.153. The zero-order valence-corrected chi connectivity index (χ0v) is 11.5. The zero-order chi connectivity index (χ0) is 13.8. The van der Waals surface area contributed by atoms with E-state index in [1.165, 1.54) is 17.4 Å². The van der Waals surface area contributed by atoms with Crippen LogP contribution < -0.4 is 0 Å². The fourth-order valence-corrected chi connectivity index (χ4v) is 2.54.